The van der Waals surface area contributed by atoms with E-state index in [-0.39, 0.29) is 17.3 Å². The molecule has 0 saturated carbocycles. The Morgan fingerprint density at radius 1 is 0.638 bits per heavy atom. The largest absolute Gasteiger partial charge is 0.508 e. The number of aryl methyl sites for hydroxylation is 2. The van der Waals surface area contributed by atoms with Crippen molar-refractivity contribution in [1.29, 1.82) is 0 Å². The zero-order chi connectivity index (χ0) is 34.6. The number of halogens is 1. The molecule has 4 aromatic carbocycles. The Labute approximate surface area is 280 Å². The number of phenolic OH excluding ortho intramolecular Hbond substituents is 1. The first-order valence-corrected chi connectivity index (χ1v) is 14.8. The molecule has 0 aromatic heterocycles. The van der Waals surface area contributed by atoms with Gasteiger partial charge in [0.25, 0.3) is 0 Å². The van der Waals surface area contributed by atoms with Gasteiger partial charge in [-0.15, -0.1) is 11.6 Å². The highest BCUT2D eigenvalue weighted by molar-refractivity contribution is 6.44. The van der Waals surface area contributed by atoms with Gasteiger partial charge in [0.1, 0.15) is 32.3 Å². The normalized spacial score (nSPS) is 10.7. The topological polar surface area (TPSA) is 125 Å². The number of oxime groups is 2. The first-order chi connectivity index (χ1) is 22.7. The van der Waals surface area contributed by atoms with E-state index in [2.05, 4.69) is 19.9 Å². The first kappa shape index (κ1) is 37.8. The number of methoxy groups -OCH3 is 2. The van der Waals surface area contributed by atoms with Crippen LogP contribution in [0.4, 0.5) is 0 Å². The van der Waals surface area contributed by atoms with Gasteiger partial charge in [-0.1, -0.05) is 95.2 Å². The van der Waals surface area contributed by atoms with E-state index < -0.39 is 11.9 Å². The Bertz CT molecular complexity index is 1630. The van der Waals surface area contributed by atoms with E-state index >= 15 is 0 Å². The number of rotatable bonds is 10. The molecule has 0 spiro atoms. The molecule has 47 heavy (non-hydrogen) atoms. The van der Waals surface area contributed by atoms with Crippen molar-refractivity contribution in [1.82, 2.24) is 0 Å². The number of esters is 2. The number of hydrogen-bond acceptors (Lipinski definition) is 10. The minimum Gasteiger partial charge on any atom is -0.508 e. The number of phenols is 1. The average molecular weight is 663 g/mol. The van der Waals surface area contributed by atoms with Crippen molar-refractivity contribution in [3.63, 3.8) is 0 Å². The van der Waals surface area contributed by atoms with Gasteiger partial charge in [-0.25, -0.2) is 9.59 Å². The summed E-state index contributed by atoms with van der Waals surface area (Å²) in [5, 5.41) is 16.4. The van der Waals surface area contributed by atoms with Crippen LogP contribution in [0.25, 0.3) is 0 Å². The Kier molecular flexibility index (Phi) is 16.6. The molecule has 10 nitrogen and oxygen atoms in total. The highest BCUT2D eigenvalue weighted by Crippen LogP contribution is 2.20. The maximum Gasteiger partial charge on any atom is 0.360 e. The van der Waals surface area contributed by atoms with Crippen LogP contribution in [-0.4, -0.2) is 56.9 Å². The van der Waals surface area contributed by atoms with Gasteiger partial charge in [-0.3, -0.25) is 0 Å². The molecule has 1 N–H and O–H groups in total. The summed E-state index contributed by atoms with van der Waals surface area (Å²) in [6.07, 6.45) is 0. The highest BCUT2D eigenvalue weighted by atomic mass is 35.5. The fourth-order valence-corrected chi connectivity index (χ4v) is 4.18. The molecule has 0 heterocycles. The van der Waals surface area contributed by atoms with E-state index in [9.17, 15) is 9.59 Å². The van der Waals surface area contributed by atoms with Crippen LogP contribution in [0.3, 0.4) is 0 Å². The Balaban J connectivity index is 0.000000275. The smallest absolute Gasteiger partial charge is 0.360 e. The summed E-state index contributed by atoms with van der Waals surface area (Å²) in [5.74, 6) is 0.336. The Morgan fingerprint density at radius 2 is 1.09 bits per heavy atom. The fraction of sp³-hybridized carbons (Fsp3) is 0.222. The van der Waals surface area contributed by atoms with E-state index in [4.69, 9.17) is 31.0 Å². The summed E-state index contributed by atoms with van der Waals surface area (Å²) in [4.78, 5) is 32.8. The number of ether oxygens (including phenoxy) is 3. The molecule has 0 atom stereocenters. The predicted molar refractivity (Wildman–Crippen MR) is 182 cm³/mol. The third-order valence-corrected chi connectivity index (χ3v) is 6.69. The molecule has 248 valence electrons. The van der Waals surface area contributed by atoms with Gasteiger partial charge in [0.05, 0.1) is 14.2 Å². The van der Waals surface area contributed by atoms with Crippen LogP contribution >= 0.6 is 11.6 Å². The number of alkyl halides is 1. The molecule has 0 unspecified atom stereocenters. The zero-order valence-corrected chi connectivity index (χ0v) is 28.0. The van der Waals surface area contributed by atoms with Crippen LogP contribution in [0.5, 0.6) is 11.5 Å². The van der Waals surface area contributed by atoms with E-state index in [0.29, 0.717) is 23.5 Å². The third kappa shape index (κ3) is 11.8. The quantitative estimate of drug-likeness (QED) is 0.0856. The molecule has 0 radical (unpaired) electrons. The molecule has 0 bridgehead atoms. The third-order valence-electron chi connectivity index (χ3n) is 6.40. The lowest BCUT2D eigenvalue weighted by atomic mass is 10.0. The van der Waals surface area contributed by atoms with Crippen molar-refractivity contribution in [2.24, 2.45) is 10.3 Å². The van der Waals surface area contributed by atoms with E-state index in [0.717, 1.165) is 28.0 Å². The van der Waals surface area contributed by atoms with Gasteiger partial charge in [0, 0.05) is 17.0 Å². The summed E-state index contributed by atoms with van der Waals surface area (Å²) >= 11 is 5.78. The molecule has 11 heteroatoms. The molecule has 4 rings (SSSR count). The second-order valence-corrected chi connectivity index (χ2v) is 9.78. The minimum atomic E-state index is -0.560. The van der Waals surface area contributed by atoms with Crippen LogP contribution in [0, 0.1) is 13.8 Å². The van der Waals surface area contributed by atoms with E-state index in [1.165, 1.54) is 28.4 Å². The van der Waals surface area contributed by atoms with E-state index in [1.54, 1.807) is 24.3 Å². The van der Waals surface area contributed by atoms with Crippen molar-refractivity contribution in [3.8, 4) is 11.5 Å². The number of carbonyl (C=O) groups excluding carboxylic acids is 2. The maximum absolute atomic E-state index is 11.9. The number of aromatic hydroxyl groups is 1. The van der Waals surface area contributed by atoms with Crippen LogP contribution in [0.2, 0.25) is 0 Å². The average Bonchev–Trinajstić information content (AvgIpc) is 3.10. The van der Waals surface area contributed by atoms with Crippen LogP contribution in [-0.2, 0) is 41.2 Å². The summed E-state index contributed by atoms with van der Waals surface area (Å²) in [5.41, 5.74) is 5.04. The van der Waals surface area contributed by atoms with Gasteiger partial charge in [-0.2, -0.15) is 0 Å². The summed E-state index contributed by atoms with van der Waals surface area (Å²) in [6.45, 7) is 4.16. The van der Waals surface area contributed by atoms with Gasteiger partial charge in [-0.05, 0) is 48.2 Å². The number of benzene rings is 4. The maximum atomic E-state index is 11.9. The molecule has 0 saturated heterocycles. The number of hydrogen-bond donors (Lipinski definition) is 1. The predicted octanol–water partition coefficient (Wildman–Crippen LogP) is 6.75. The van der Waals surface area contributed by atoms with E-state index in [1.807, 2.05) is 86.6 Å². The summed E-state index contributed by atoms with van der Waals surface area (Å²) in [6, 6.07) is 29.6. The molecule has 0 aliphatic carbocycles. The second kappa shape index (κ2) is 20.6. The Hall–Kier alpha value is -5.35. The van der Waals surface area contributed by atoms with Crippen molar-refractivity contribution in [2.45, 2.75) is 26.3 Å². The SMILES string of the molecule is CO/N=C(/C(=O)OC)c1ccccc1CCl.CO/N=C(/C(=O)OC)c1ccccc1COc1ccccc1C.Cc1ccccc1O. The fourth-order valence-electron chi connectivity index (χ4n) is 3.95. The van der Waals surface area contributed by atoms with Crippen molar-refractivity contribution in [2.75, 3.05) is 28.4 Å². The van der Waals surface area contributed by atoms with Crippen molar-refractivity contribution >= 4 is 35.0 Å². The molecule has 4 aromatic rings. The summed E-state index contributed by atoms with van der Waals surface area (Å²) < 4.78 is 15.2. The van der Waals surface area contributed by atoms with Crippen molar-refractivity contribution in [3.05, 3.63) is 130 Å². The summed E-state index contributed by atoms with van der Waals surface area (Å²) in [7, 11) is 5.35. The molecule has 0 aliphatic heterocycles. The van der Waals surface area contributed by atoms with Crippen molar-refractivity contribution < 1.29 is 38.6 Å². The zero-order valence-electron chi connectivity index (χ0n) is 27.2. The second-order valence-electron chi connectivity index (χ2n) is 9.52. The molecule has 0 amide bonds. The van der Waals surface area contributed by atoms with Crippen LogP contribution < -0.4 is 4.74 Å². The van der Waals surface area contributed by atoms with Gasteiger partial charge in [0.2, 0.25) is 0 Å². The van der Waals surface area contributed by atoms with Gasteiger partial charge < -0.3 is 29.0 Å². The number of nitrogens with zero attached hydrogens (tertiary/aromatic N) is 2. The lowest BCUT2D eigenvalue weighted by Gasteiger charge is -2.12. The first-order valence-electron chi connectivity index (χ1n) is 14.3. The van der Waals surface area contributed by atoms with Crippen LogP contribution in [0.1, 0.15) is 33.4 Å². The monoisotopic (exact) mass is 662 g/mol. The standard InChI is InChI=1S/C18H19NO4.C11H12ClNO3.C7H8O/c1-13-8-4-7-11-16(13)23-12-14-9-5-6-10-15(14)17(19-22-3)18(20)21-2;1-15-11(14)10(13-16-2)9-6-4-3-5-8(9)7-12;1-6-4-2-3-5-7(6)8/h4-11H,12H2,1-3H3;3-6H,7H2,1-2H3;2-5,8H,1H3/b19-17+;13-10+;. The lowest BCUT2D eigenvalue weighted by Crippen LogP contribution is -2.19. The molecular formula is C36H39ClN2O8. The molecule has 0 fully saturated rings. The van der Waals surface area contributed by atoms with Gasteiger partial charge in [0.15, 0.2) is 11.4 Å². The lowest BCUT2D eigenvalue weighted by molar-refractivity contribution is -0.133. The van der Waals surface area contributed by atoms with Gasteiger partial charge >= 0.3 is 11.9 Å². The highest BCUT2D eigenvalue weighted by Gasteiger charge is 2.20. The molecular weight excluding hydrogens is 624 g/mol. The minimum absolute atomic E-state index is 0.110. The number of carbonyl (C=O) groups is 2. The van der Waals surface area contributed by atoms with Crippen LogP contribution in [0.15, 0.2) is 107 Å². The number of para-hydroxylation sites is 2. The Morgan fingerprint density at radius 3 is 1.53 bits per heavy atom. The molecule has 0 aliphatic rings.